The molecular formula is C19H25N5O3. The van der Waals surface area contributed by atoms with Crippen LogP contribution in [0.25, 0.3) is 0 Å². The molecule has 0 bridgehead atoms. The highest BCUT2D eigenvalue weighted by Crippen LogP contribution is 2.19. The van der Waals surface area contributed by atoms with Crippen LogP contribution in [0, 0.1) is 0 Å². The first-order chi connectivity index (χ1) is 12.8. The van der Waals surface area contributed by atoms with Gasteiger partial charge in [-0.3, -0.25) is 9.69 Å². The van der Waals surface area contributed by atoms with E-state index in [0.717, 1.165) is 11.3 Å². The Balaban J connectivity index is 1.67. The quantitative estimate of drug-likeness (QED) is 0.755. The van der Waals surface area contributed by atoms with Crippen LogP contribution in [0.2, 0.25) is 0 Å². The zero-order valence-corrected chi connectivity index (χ0v) is 16.0. The van der Waals surface area contributed by atoms with Crippen LogP contribution in [0.15, 0.2) is 30.5 Å². The molecule has 144 valence electrons. The smallest absolute Gasteiger partial charge is 0.325 e. The summed E-state index contributed by atoms with van der Waals surface area (Å²) in [5.74, 6) is 0.464. The lowest BCUT2D eigenvalue weighted by molar-refractivity contribution is -0.127. The fraction of sp³-hybridized carbons (Fsp3) is 0.474. The van der Waals surface area contributed by atoms with Crippen molar-refractivity contribution in [2.75, 3.05) is 0 Å². The Bertz CT molecular complexity index is 830. The van der Waals surface area contributed by atoms with Crippen LogP contribution in [-0.2, 0) is 17.8 Å². The van der Waals surface area contributed by atoms with Gasteiger partial charge in [-0.05, 0) is 45.4 Å². The average Bonchev–Trinajstić information content (AvgIpc) is 3.16. The molecule has 1 atom stereocenters. The van der Waals surface area contributed by atoms with Crippen molar-refractivity contribution in [2.45, 2.75) is 58.8 Å². The topological polar surface area (TPSA) is 89.3 Å². The normalized spacial score (nSPS) is 17.1. The number of carbonyl (C=O) groups excluding carboxylic acids is 2. The van der Waals surface area contributed by atoms with Crippen molar-refractivity contribution in [3.8, 4) is 5.75 Å². The minimum Gasteiger partial charge on any atom is -0.491 e. The predicted molar refractivity (Wildman–Crippen MR) is 99.2 cm³/mol. The highest BCUT2D eigenvalue weighted by molar-refractivity contribution is 6.04. The summed E-state index contributed by atoms with van der Waals surface area (Å²) in [6, 6.07) is 6.61. The van der Waals surface area contributed by atoms with Crippen molar-refractivity contribution >= 4 is 11.9 Å². The van der Waals surface area contributed by atoms with Crippen molar-refractivity contribution in [1.29, 1.82) is 0 Å². The fourth-order valence-electron chi connectivity index (χ4n) is 2.91. The van der Waals surface area contributed by atoms with Gasteiger partial charge in [0.05, 0.1) is 18.3 Å². The number of carbonyl (C=O) groups is 2. The molecule has 1 aromatic heterocycles. The number of rotatable bonds is 7. The molecule has 0 saturated carbocycles. The molecule has 1 aliphatic heterocycles. The van der Waals surface area contributed by atoms with E-state index in [2.05, 4.69) is 15.6 Å². The van der Waals surface area contributed by atoms with Gasteiger partial charge in [0, 0.05) is 18.7 Å². The van der Waals surface area contributed by atoms with Gasteiger partial charge in [0.25, 0.3) is 5.91 Å². The monoisotopic (exact) mass is 371 g/mol. The Morgan fingerprint density at radius 1 is 1.22 bits per heavy atom. The molecule has 8 nitrogen and oxygen atoms in total. The van der Waals surface area contributed by atoms with E-state index in [-0.39, 0.29) is 24.6 Å². The van der Waals surface area contributed by atoms with Crippen LogP contribution in [0.3, 0.4) is 0 Å². The number of urea groups is 1. The van der Waals surface area contributed by atoms with E-state index < -0.39 is 12.1 Å². The number of hydrogen-bond donors (Lipinski definition) is 1. The number of aromatic nitrogens is 3. The fourth-order valence-corrected chi connectivity index (χ4v) is 2.91. The summed E-state index contributed by atoms with van der Waals surface area (Å²) >= 11 is 0. The van der Waals surface area contributed by atoms with E-state index in [0.29, 0.717) is 12.1 Å². The van der Waals surface area contributed by atoms with Crippen molar-refractivity contribution < 1.29 is 14.3 Å². The molecule has 0 aliphatic carbocycles. The lowest BCUT2D eigenvalue weighted by Crippen LogP contribution is -2.32. The van der Waals surface area contributed by atoms with Gasteiger partial charge in [-0.25, -0.2) is 9.48 Å². The van der Waals surface area contributed by atoms with E-state index in [1.54, 1.807) is 10.9 Å². The van der Waals surface area contributed by atoms with Crippen molar-refractivity contribution in [3.63, 3.8) is 0 Å². The summed E-state index contributed by atoms with van der Waals surface area (Å²) < 4.78 is 7.40. The zero-order valence-electron chi connectivity index (χ0n) is 16.0. The third kappa shape index (κ3) is 4.45. The van der Waals surface area contributed by atoms with E-state index >= 15 is 0 Å². The number of imide groups is 1. The van der Waals surface area contributed by atoms with Crippen LogP contribution in [0.5, 0.6) is 5.75 Å². The van der Waals surface area contributed by atoms with Crippen LogP contribution < -0.4 is 10.1 Å². The van der Waals surface area contributed by atoms with Crippen molar-refractivity contribution in [2.24, 2.45) is 0 Å². The number of benzene rings is 1. The van der Waals surface area contributed by atoms with Crippen molar-refractivity contribution in [3.05, 3.63) is 41.7 Å². The number of ether oxygens (including phenoxy) is 1. The first-order valence-electron chi connectivity index (χ1n) is 9.11. The maximum absolute atomic E-state index is 12.7. The van der Waals surface area contributed by atoms with E-state index in [9.17, 15) is 9.59 Å². The minimum atomic E-state index is -0.620. The van der Waals surface area contributed by atoms with Crippen LogP contribution in [0.4, 0.5) is 4.79 Å². The lowest BCUT2D eigenvalue weighted by Gasteiger charge is -2.15. The number of amides is 3. The van der Waals surface area contributed by atoms with Gasteiger partial charge in [-0.15, -0.1) is 5.10 Å². The maximum atomic E-state index is 12.7. The van der Waals surface area contributed by atoms with E-state index in [1.165, 1.54) is 4.90 Å². The van der Waals surface area contributed by atoms with Gasteiger partial charge in [0.1, 0.15) is 11.8 Å². The van der Waals surface area contributed by atoms with E-state index in [4.69, 9.17) is 4.74 Å². The SMILES string of the molecule is CC(C)Oc1cccc(CN2C(=O)NC(Cc3cn(C(C)C)nn3)C2=O)c1. The van der Waals surface area contributed by atoms with Gasteiger partial charge in [0.2, 0.25) is 0 Å². The van der Waals surface area contributed by atoms with Gasteiger partial charge in [-0.2, -0.15) is 0 Å². The third-order valence-electron chi connectivity index (χ3n) is 4.22. The van der Waals surface area contributed by atoms with Crippen LogP contribution in [0.1, 0.15) is 45.0 Å². The van der Waals surface area contributed by atoms with Gasteiger partial charge >= 0.3 is 6.03 Å². The molecule has 1 unspecified atom stereocenters. The molecule has 1 N–H and O–H groups in total. The predicted octanol–water partition coefficient (Wildman–Crippen LogP) is 2.31. The Morgan fingerprint density at radius 3 is 2.67 bits per heavy atom. The first-order valence-corrected chi connectivity index (χ1v) is 9.11. The first kappa shape index (κ1) is 18.9. The molecular weight excluding hydrogens is 346 g/mol. The van der Waals surface area contributed by atoms with Crippen LogP contribution in [-0.4, -0.2) is 44.0 Å². The Hall–Kier alpha value is -2.90. The van der Waals surface area contributed by atoms with Gasteiger partial charge in [0.15, 0.2) is 0 Å². The highest BCUT2D eigenvalue weighted by Gasteiger charge is 2.38. The largest absolute Gasteiger partial charge is 0.491 e. The highest BCUT2D eigenvalue weighted by atomic mass is 16.5. The van der Waals surface area contributed by atoms with Gasteiger partial charge < -0.3 is 10.1 Å². The molecule has 0 spiro atoms. The molecule has 27 heavy (non-hydrogen) atoms. The van der Waals surface area contributed by atoms with Gasteiger partial charge in [-0.1, -0.05) is 17.3 Å². The Morgan fingerprint density at radius 2 is 2.00 bits per heavy atom. The number of nitrogens with zero attached hydrogens (tertiary/aromatic N) is 4. The molecule has 1 aliphatic rings. The Kier molecular flexibility index (Phi) is 5.43. The maximum Gasteiger partial charge on any atom is 0.325 e. The third-order valence-corrected chi connectivity index (χ3v) is 4.22. The van der Waals surface area contributed by atoms with Crippen molar-refractivity contribution in [1.82, 2.24) is 25.2 Å². The van der Waals surface area contributed by atoms with Crippen LogP contribution >= 0.6 is 0 Å². The molecule has 8 heteroatoms. The zero-order chi connectivity index (χ0) is 19.6. The lowest BCUT2D eigenvalue weighted by atomic mass is 10.1. The molecule has 1 saturated heterocycles. The Labute approximate surface area is 158 Å². The summed E-state index contributed by atoms with van der Waals surface area (Å²) in [6.07, 6.45) is 2.18. The summed E-state index contributed by atoms with van der Waals surface area (Å²) in [5, 5.41) is 10.9. The minimum absolute atomic E-state index is 0.0561. The molecule has 1 aromatic carbocycles. The second kappa shape index (κ2) is 7.77. The summed E-state index contributed by atoms with van der Waals surface area (Å²) in [5.41, 5.74) is 1.51. The standard InChI is InChI=1S/C19H25N5O3/c1-12(2)24-11-15(21-22-24)9-17-18(25)23(19(26)20-17)10-14-6-5-7-16(8-14)27-13(3)4/h5-8,11-13,17H,9-10H2,1-4H3,(H,20,26). The molecule has 2 aromatic rings. The number of nitrogens with one attached hydrogen (secondary N) is 1. The molecule has 2 heterocycles. The average molecular weight is 371 g/mol. The molecule has 1 fully saturated rings. The van der Waals surface area contributed by atoms with E-state index in [1.807, 2.05) is 52.0 Å². The summed E-state index contributed by atoms with van der Waals surface area (Å²) in [4.78, 5) is 26.2. The summed E-state index contributed by atoms with van der Waals surface area (Å²) in [6.45, 7) is 8.10. The molecule has 3 rings (SSSR count). The second-order valence-corrected chi connectivity index (χ2v) is 7.23. The molecule has 0 radical (unpaired) electrons. The summed E-state index contributed by atoms with van der Waals surface area (Å²) in [7, 11) is 0. The number of hydrogen-bond acceptors (Lipinski definition) is 5. The second-order valence-electron chi connectivity index (χ2n) is 7.23. The molecule has 3 amide bonds.